The van der Waals surface area contributed by atoms with E-state index in [1.165, 1.54) is 16.7 Å². The molecule has 3 heterocycles. The van der Waals surface area contributed by atoms with Crippen molar-refractivity contribution in [1.29, 1.82) is 0 Å². The molecule has 0 bridgehead atoms. The summed E-state index contributed by atoms with van der Waals surface area (Å²) in [6.07, 6.45) is 3.39. The molecular weight excluding hydrogens is 370 g/mol. The van der Waals surface area contributed by atoms with Crippen molar-refractivity contribution in [2.24, 2.45) is 4.99 Å². The number of thiazole rings is 1. The maximum absolute atomic E-state index is 12.4. The van der Waals surface area contributed by atoms with Gasteiger partial charge in [0.15, 0.2) is 21.7 Å². The lowest BCUT2D eigenvalue weighted by Crippen LogP contribution is -2.63. The van der Waals surface area contributed by atoms with Gasteiger partial charge in [-0.1, -0.05) is 24.3 Å². The molecule has 4 rings (SSSR count). The molecular formula is C17H17N5O2S2. The number of carbonyl (C=O) groups is 2. The fraction of sp³-hybridized carbons (Fsp3) is 0.294. The van der Waals surface area contributed by atoms with Crippen LogP contribution in [0.5, 0.6) is 0 Å². The first-order valence-electron chi connectivity index (χ1n) is 8.15. The molecule has 134 valence electrons. The predicted molar refractivity (Wildman–Crippen MR) is 103 cm³/mol. The Morgan fingerprint density at radius 3 is 2.92 bits per heavy atom. The zero-order valence-electron chi connectivity index (χ0n) is 14.2. The van der Waals surface area contributed by atoms with E-state index in [4.69, 9.17) is 0 Å². The lowest BCUT2D eigenvalue weighted by atomic mass is 10.1. The quantitative estimate of drug-likeness (QED) is 0.819. The summed E-state index contributed by atoms with van der Waals surface area (Å²) < 4.78 is 1.97. The molecule has 0 radical (unpaired) electrons. The Hall–Kier alpha value is -2.39. The Labute approximate surface area is 158 Å². The molecule has 0 saturated carbocycles. The summed E-state index contributed by atoms with van der Waals surface area (Å²) in [5.74, 6) is -0.314. The molecule has 1 aromatic heterocycles. The molecule has 9 heteroatoms. The van der Waals surface area contributed by atoms with Gasteiger partial charge in [-0.05, 0) is 30.8 Å². The van der Waals surface area contributed by atoms with E-state index in [-0.39, 0.29) is 5.91 Å². The Balaban J connectivity index is 1.67. The van der Waals surface area contributed by atoms with E-state index in [2.05, 4.69) is 15.3 Å². The fourth-order valence-electron chi connectivity index (χ4n) is 2.97. The number of nitrogens with zero attached hydrogens (tertiary/aromatic N) is 4. The minimum Gasteiger partial charge on any atom is -0.332 e. The first-order valence-corrected chi connectivity index (χ1v) is 9.78. The van der Waals surface area contributed by atoms with Crippen LogP contribution in [-0.2, 0) is 4.79 Å². The summed E-state index contributed by atoms with van der Waals surface area (Å²) in [5, 5.41) is 3.10. The summed E-state index contributed by atoms with van der Waals surface area (Å²) >= 11 is 3.03. The summed E-state index contributed by atoms with van der Waals surface area (Å²) in [5.41, 5.74) is 0.945. The van der Waals surface area contributed by atoms with Gasteiger partial charge in [-0.15, -0.1) is 11.3 Å². The normalized spacial score (nSPS) is 22.9. The van der Waals surface area contributed by atoms with Gasteiger partial charge in [0.2, 0.25) is 0 Å². The molecule has 0 aliphatic carbocycles. The van der Waals surface area contributed by atoms with Crippen LogP contribution in [0.4, 0.5) is 4.79 Å². The number of rotatable bonds is 3. The van der Waals surface area contributed by atoms with Gasteiger partial charge < -0.3 is 9.80 Å². The SMILES string of the molecule is C/C=C/CN1C(Sc2nc3ccccc3s2)=NC2C1C(=O)NC(=O)N2C. The number of amides is 3. The Morgan fingerprint density at radius 1 is 1.35 bits per heavy atom. The topological polar surface area (TPSA) is 77.9 Å². The van der Waals surface area contributed by atoms with Crippen LogP contribution < -0.4 is 5.32 Å². The molecule has 3 amide bonds. The summed E-state index contributed by atoms with van der Waals surface area (Å²) in [4.78, 5) is 37.1. The maximum Gasteiger partial charge on any atom is 0.325 e. The van der Waals surface area contributed by atoms with E-state index >= 15 is 0 Å². The summed E-state index contributed by atoms with van der Waals surface area (Å²) in [6.45, 7) is 2.48. The van der Waals surface area contributed by atoms with Gasteiger partial charge in [0.1, 0.15) is 0 Å². The number of aliphatic imine (C=N–C) groups is 1. The van der Waals surface area contributed by atoms with Crippen molar-refractivity contribution in [3.63, 3.8) is 0 Å². The number of para-hydroxylation sites is 1. The number of thioether (sulfide) groups is 1. The number of imide groups is 1. The van der Waals surface area contributed by atoms with Crippen LogP contribution in [0.25, 0.3) is 10.2 Å². The second-order valence-electron chi connectivity index (χ2n) is 5.95. The highest BCUT2D eigenvalue weighted by atomic mass is 32.2. The minimum atomic E-state index is -0.522. The number of urea groups is 1. The number of likely N-dealkylation sites (N-methyl/N-ethyl adjacent to an activating group) is 1. The van der Waals surface area contributed by atoms with Crippen molar-refractivity contribution in [2.75, 3.05) is 13.6 Å². The molecule has 7 nitrogen and oxygen atoms in total. The second kappa shape index (κ2) is 6.73. The molecule has 1 fully saturated rings. The molecule has 2 aliphatic rings. The number of amidine groups is 1. The van der Waals surface area contributed by atoms with Crippen molar-refractivity contribution in [2.45, 2.75) is 23.5 Å². The lowest BCUT2D eigenvalue weighted by molar-refractivity contribution is -0.126. The molecule has 2 aliphatic heterocycles. The molecule has 26 heavy (non-hydrogen) atoms. The van der Waals surface area contributed by atoms with Gasteiger partial charge in [-0.25, -0.2) is 14.8 Å². The molecule has 0 spiro atoms. The number of hydrogen-bond donors (Lipinski definition) is 1. The minimum absolute atomic E-state index is 0.314. The molecule has 2 unspecified atom stereocenters. The molecule has 2 aromatic rings. The number of allylic oxidation sites excluding steroid dienone is 1. The average molecular weight is 387 g/mol. The van der Waals surface area contributed by atoms with Crippen LogP contribution in [0.3, 0.4) is 0 Å². The highest BCUT2D eigenvalue weighted by Gasteiger charge is 2.48. The highest BCUT2D eigenvalue weighted by molar-refractivity contribution is 8.15. The van der Waals surface area contributed by atoms with Crippen LogP contribution in [0.2, 0.25) is 0 Å². The van der Waals surface area contributed by atoms with Gasteiger partial charge in [0.05, 0.1) is 10.2 Å². The first kappa shape index (κ1) is 17.0. The van der Waals surface area contributed by atoms with E-state index in [9.17, 15) is 9.59 Å². The zero-order chi connectivity index (χ0) is 18.3. The van der Waals surface area contributed by atoms with E-state index in [1.807, 2.05) is 48.2 Å². The van der Waals surface area contributed by atoms with Gasteiger partial charge in [0, 0.05) is 13.6 Å². The molecule has 1 saturated heterocycles. The number of benzene rings is 1. The molecule has 2 atom stereocenters. The largest absolute Gasteiger partial charge is 0.332 e. The average Bonchev–Trinajstić information content (AvgIpc) is 3.19. The van der Waals surface area contributed by atoms with Crippen molar-refractivity contribution in [1.82, 2.24) is 20.1 Å². The van der Waals surface area contributed by atoms with Crippen molar-refractivity contribution in [3.8, 4) is 0 Å². The van der Waals surface area contributed by atoms with Crippen LogP contribution in [0.1, 0.15) is 6.92 Å². The van der Waals surface area contributed by atoms with Crippen molar-refractivity contribution >= 4 is 50.4 Å². The van der Waals surface area contributed by atoms with Gasteiger partial charge >= 0.3 is 6.03 Å². The Bertz CT molecular complexity index is 905. The van der Waals surface area contributed by atoms with Crippen LogP contribution in [-0.4, -0.2) is 57.7 Å². The fourth-order valence-corrected chi connectivity index (χ4v) is 5.09. The summed E-state index contributed by atoms with van der Waals surface area (Å²) in [6, 6.07) is 7.01. The number of hydrogen-bond acceptors (Lipinski definition) is 7. The van der Waals surface area contributed by atoms with Crippen molar-refractivity contribution in [3.05, 3.63) is 36.4 Å². The number of aromatic nitrogens is 1. The predicted octanol–water partition coefficient (Wildman–Crippen LogP) is 2.51. The third-order valence-electron chi connectivity index (χ3n) is 4.31. The summed E-state index contributed by atoms with van der Waals surface area (Å²) in [7, 11) is 1.65. The van der Waals surface area contributed by atoms with Gasteiger partial charge in [0.25, 0.3) is 5.91 Å². The van der Waals surface area contributed by atoms with Crippen molar-refractivity contribution < 1.29 is 9.59 Å². The lowest BCUT2D eigenvalue weighted by Gasteiger charge is -2.35. The van der Waals surface area contributed by atoms with E-state index in [0.29, 0.717) is 11.7 Å². The highest BCUT2D eigenvalue weighted by Crippen LogP contribution is 2.35. The van der Waals surface area contributed by atoms with Gasteiger partial charge in [-0.2, -0.15) is 0 Å². The number of carbonyl (C=O) groups excluding carboxylic acids is 2. The Morgan fingerprint density at radius 2 is 2.15 bits per heavy atom. The van der Waals surface area contributed by atoms with E-state index < -0.39 is 18.2 Å². The van der Waals surface area contributed by atoms with E-state index in [0.717, 1.165) is 14.6 Å². The standard InChI is InChI=1S/C17H17N5O2S2/c1-3-4-9-22-12-13(21(2)15(24)20-14(12)23)19-16(22)26-17-18-10-7-5-6-8-11(10)25-17/h3-8,12-13H,9H2,1-2H3,(H,20,23,24)/b4-3+. The smallest absolute Gasteiger partial charge is 0.325 e. The second-order valence-corrected chi connectivity index (χ2v) is 8.19. The number of nitrogens with one attached hydrogen (secondary N) is 1. The Kier molecular flexibility index (Phi) is 4.41. The number of fused-ring (bicyclic) bond motifs is 2. The van der Waals surface area contributed by atoms with Crippen LogP contribution in [0, 0.1) is 0 Å². The van der Waals surface area contributed by atoms with E-state index in [1.54, 1.807) is 18.4 Å². The van der Waals surface area contributed by atoms with Crippen LogP contribution in [0.15, 0.2) is 45.7 Å². The zero-order valence-corrected chi connectivity index (χ0v) is 15.9. The monoisotopic (exact) mass is 387 g/mol. The third kappa shape index (κ3) is 2.86. The first-order chi connectivity index (χ1) is 12.6. The van der Waals surface area contributed by atoms with Gasteiger partial charge in [-0.3, -0.25) is 10.1 Å². The third-order valence-corrected chi connectivity index (χ3v) is 6.43. The molecule has 1 aromatic carbocycles. The maximum atomic E-state index is 12.4. The van der Waals surface area contributed by atoms with Crippen LogP contribution >= 0.6 is 23.1 Å². The molecule has 1 N–H and O–H groups in total.